The van der Waals surface area contributed by atoms with E-state index in [2.05, 4.69) is 24.4 Å². The molecule has 0 bridgehead atoms. The molecule has 0 saturated carbocycles. The number of nitrogens with one attached hydrogen (secondary N) is 1. The smallest absolute Gasteiger partial charge is 0.119 e. The first kappa shape index (κ1) is 16.0. The lowest BCUT2D eigenvalue weighted by Gasteiger charge is -2.10. The molecule has 0 fully saturated rings. The fourth-order valence-electron chi connectivity index (χ4n) is 1.75. The minimum absolute atomic E-state index is 0.227. The molecule has 1 aromatic carbocycles. The largest absolute Gasteiger partial charge is 0.491 e. The lowest BCUT2D eigenvalue weighted by Crippen LogP contribution is -2.20. The fraction of sp³-hybridized carbons (Fsp3) is 0.625. The third-order valence-corrected chi connectivity index (χ3v) is 2.68. The molecule has 1 aromatic rings. The van der Waals surface area contributed by atoms with Crippen molar-refractivity contribution in [2.45, 2.75) is 39.7 Å². The zero-order chi connectivity index (χ0) is 13.9. The van der Waals surface area contributed by atoms with Crippen molar-refractivity contribution in [3.8, 4) is 5.75 Å². The van der Waals surface area contributed by atoms with Crippen LogP contribution >= 0.6 is 0 Å². The van der Waals surface area contributed by atoms with E-state index in [9.17, 15) is 0 Å². The molecule has 0 aliphatic carbocycles. The van der Waals surface area contributed by atoms with Gasteiger partial charge in [0.25, 0.3) is 0 Å². The quantitative estimate of drug-likeness (QED) is 0.660. The maximum atomic E-state index is 5.61. The van der Waals surface area contributed by atoms with E-state index >= 15 is 0 Å². The van der Waals surface area contributed by atoms with Crippen molar-refractivity contribution in [2.75, 3.05) is 26.3 Å². The average Bonchev–Trinajstić information content (AvgIpc) is 2.39. The van der Waals surface area contributed by atoms with Gasteiger partial charge < -0.3 is 14.8 Å². The second-order valence-electron chi connectivity index (χ2n) is 4.92. The second kappa shape index (κ2) is 9.82. The van der Waals surface area contributed by atoms with Gasteiger partial charge in [-0.2, -0.15) is 0 Å². The maximum Gasteiger partial charge on any atom is 0.119 e. The summed E-state index contributed by atoms with van der Waals surface area (Å²) >= 11 is 0. The van der Waals surface area contributed by atoms with Gasteiger partial charge in [-0.3, -0.25) is 0 Å². The van der Waals surface area contributed by atoms with Gasteiger partial charge in [0.2, 0.25) is 0 Å². The lowest BCUT2D eigenvalue weighted by atomic mass is 10.1. The first-order valence-corrected chi connectivity index (χ1v) is 7.26. The number of hydrogen-bond acceptors (Lipinski definition) is 3. The van der Waals surface area contributed by atoms with Crippen molar-refractivity contribution in [1.29, 1.82) is 0 Å². The Hall–Kier alpha value is -1.06. The van der Waals surface area contributed by atoms with E-state index in [-0.39, 0.29) is 6.10 Å². The Morgan fingerprint density at radius 1 is 1.05 bits per heavy atom. The molecular formula is C16H27NO2. The summed E-state index contributed by atoms with van der Waals surface area (Å²) in [4.78, 5) is 0. The van der Waals surface area contributed by atoms with Gasteiger partial charge in [0, 0.05) is 6.54 Å². The highest BCUT2D eigenvalue weighted by molar-refractivity contribution is 5.27. The second-order valence-corrected chi connectivity index (χ2v) is 4.92. The maximum absolute atomic E-state index is 5.61. The van der Waals surface area contributed by atoms with Crippen molar-refractivity contribution < 1.29 is 9.47 Å². The Morgan fingerprint density at radius 2 is 1.79 bits per heavy atom. The van der Waals surface area contributed by atoms with Crippen LogP contribution in [0.5, 0.6) is 5.75 Å². The zero-order valence-electron chi connectivity index (χ0n) is 12.4. The minimum atomic E-state index is 0.227. The van der Waals surface area contributed by atoms with E-state index in [1.54, 1.807) is 0 Å². The van der Waals surface area contributed by atoms with Gasteiger partial charge in [0.05, 0.1) is 19.3 Å². The number of hydrogen-bond donors (Lipinski definition) is 1. The molecule has 3 nitrogen and oxygen atoms in total. The molecule has 0 heterocycles. The molecule has 108 valence electrons. The van der Waals surface area contributed by atoms with E-state index < -0.39 is 0 Å². The van der Waals surface area contributed by atoms with E-state index in [0.717, 1.165) is 38.5 Å². The Morgan fingerprint density at radius 3 is 2.42 bits per heavy atom. The summed E-state index contributed by atoms with van der Waals surface area (Å²) in [7, 11) is 0. The van der Waals surface area contributed by atoms with Crippen LogP contribution in [0.25, 0.3) is 0 Å². The van der Waals surface area contributed by atoms with Crippen LogP contribution in [0.4, 0.5) is 0 Å². The number of benzene rings is 1. The number of ether oxygens (including phenoxy) is 2. The van der Waals surface area contributed by atoms with Gasteiger partial charge in [0.1, 0.15) is 5.75 Å². The summed E-state index contributed by atoms with van der Waals surface area (Å²) in [6.07, 6.45) is 2.35. The predicted molar refractivity (Wildman–Crippen MR) is 79.9 cm³/mol. The van der Waals surface area contributed by atoms with E-state index in [1.807, 2.05) is 26.0 Å². The molecule has 0 saturated heterocycles. The Labute approximate surface area is 117 Å². The standard InChI is InChI=1S/C16H27NO2/c1-4-10-17-11-13-18-12-9-15-5-7-16(8-6-15)19-14(2)3/h5-8,14,17H,4,9-13H2,1-3H3. The van der Waals surface area contributed by atoms with Crippen molar-refractivity contribution in [3.05, 3.63) is 29.8 Å². The van der Waals surface area contributed by atoms with Crippen LogP contribution in [0, 0.1) is 0 Å². The van der Waals surface area contributed by atoms with E-state index in [0.29, 0.717) is 0 Å². The normalized spacial score (nSPS) is 10.9. The Balaban J connectivity index is 2.12. The van der Waals surface area contributed by atoms with Crippen molar-refractivity contribution in [1.82, 2.24) is 5.32 Å². The molecule has 0 unspecified atom stereocenters. The van der Waals surface area contributed by atoms with Gasteiger partial charge in [-0.05, 0) is 50.9 Å². The molecule has 0 atom stereocenters. The van der Waals surface area contributed by atoms with Crippen LogP contribution in [-0.4, -0.2) is 32.4 Å². The van der Waals surface area contributed by atoms with E-state index in [1.165, 1.54) is 12.0 Å². The van der Waals surface area contributed by atoms with Crippen molar-refractivity contribution in [2.24, 2.45) is 0 Å². The molecule has 1 rings (SSSR count). The highest BCUT2D eigenvalue weighted by Crippen LogP contribution is 2.14. The summed E-state index contributed by atoms with van der Waals surface area (Å²) in [5.41, 5.74) is 1.29. The molecule has 3 heteroatoms. The van der Waals surface area contributed by atoms with Gasteiger partial charge in [0.15, 0.2) is 0 Å². The third kappa shape index (κ3) is 7.85. The molecule has 0 radical (unpaired) electrons. The summed E-state index contributed by atoms with van der Waals surface area (Å²) in [6, 6.07) is 8.27. The fourth-order valence-corrected chi connectivity index (χ4v) is 1.75. The first-order chi connectivity index (χ1) is 9.22. The molecule has 0 aliphatic rings. The molecule has 1 N–H and O–H groups in total. The van der Waals surface area contributed by atoms with Crippen LogP contribution in [-0.2, 0) is 11.2 Å². The van der Waals surface area contributed by atoms with Crippen molar-refractivity contribution in [3.63, 3.8) is 0 Å². The predicted octanol–water partition coefficient (Wildman–Crippen LogP) is 3.03. The summed E-state index contributed by atoms with van der Waals surface area (Å²) < 4.78 is 11.2. The summed E-state index contributed by atoms with van der Waals surface area (Å²) in [5, 5.41) is 3.32. The Kier molecular flexibility index (Phi) is 8.26. The van der Waals surface area contributed by atoms with E-state index in [4.69, 9.17) is 9.47 Å². The summed E-state index contributed by atoms with van der Waals surface area (Å²) in [5.74, 6) is 0.934. The van der Waals surface area contributed by atoms with Crippen LogP contribution in [0.3, 0.4) is 0 Å². The van der Waals surface area contributed by atoms with Crippen molar-refractivity contribution >= 4 is 0 Å². The Bertz CT molecular complexity index is 322. The zero-order valence-corrected chi connectivity index (χ0v) is 12.4. The number of rotatable bonds is 10. The monoisotopic (exact) mass is 265 g/mol. The van der Waals surface area contributed by atoms with Gasteiger partial charge >= 0.3 is 0 Å². The first-order valence-electron chi connectivity index (χ1n) is 7.26. The third-order valence-electron chi connectivity index (χ3n) is 2.68. The van der Waals surface area contributed by atoms with Crippen LogP contribution in [0.15, 0.2) is 24.3 Å². The molecule has 0 aliphatic heterocycles. The van der Waals surface area contributed by atoms with Gasteiger partial charge in [-0.1, -0.05) is 19.1 Å². The van der Waals surface area contributed by atoms with Gasteiger partial charge in [-0.15, -0.1) is 0 Å². The molecular weight excluding hydrogens is 238 g/mol. The molecule has 0 amide bonds. The highest BCUT2D eigenvalue weighted by atomic mass is 16.5. The van der Waals surface area contributed by atoms with Gasteiger partial charge in [-0.25, -0.2) is 0 Å². The van der Waals surface area contributed by atoms with Crippen LogP contribution < -0.4 is 10.1 Å². The summed E-state index contributed by atoms with van der Waals surface area (Å²) in [6.45, 7) is 9.81. The average molecular weight is 265 g/mol. The van der Waals surface area contributed by atoms with Crippen LogP contribution in [0.1, 0.15) is 32.8 Å². The topological polar surface area (TPSA) is 30.5 Å². The SMILES string of the molecule is CCCNCCOCCc1ccc(OC(C)C)cc1. The molecule has 0 spiro atoms. The van der Waals surface area contributed by atoms with Crippen LogP contribution in [0.2, 0.25) is 0 Å². The minimum Gasteiger partial charge on any atom is -0.491 e. The lowest BCUT2D eigenvalue weighted by molar-refractivity contribution is 0.139. The highest BCUT2D eigenvalue weighted by Gasteiger charge is 1.98. The molecule has 19 heavy (non-hydrogen) atoms. The molecule has 0 aromatic heterocycles.